The van der Waals surface area contributed by atoms with Crippen molar-refractivity contribution in [2.24, 2.45) is 0 Å². The van der Waals surface area contributed by atoms with Gasteiger partial charge in [0.2, 0.25) is 0 Å². The van der Waals surface area contributed by atoms with Gasteiger partial charge in [0, 0.05) is 30.9 Å². The van der Waals surface area contributed by atoms with E-state index in [-0.39, 0.29) is 16.8 Å². The normalized spacial score (nSPS) is 19.1. The summed E-state index contributed by atoms with van der Waals surface area (Å²) in [5.74, 6) is 0. The highest BCUT2D eigenvalue weighted by Crippen LogP contribution is 2.33. The molecule has 0 bridgehead atoms. The van der Waals surface area contributed by atoms with Crippen molar-refractivity contribution in [1.29, 1.82) is 0 Å². The molecule has 2 aromatic rings. The Hall–Kier alpha value is -2.40. The van der Waals surface area contributed by atoms with Crippen LogP contribution in [-0.2, 0) is 0 Å². The molecule has 5 heteroatoms. The van der Waals surface area contributed by atoms with Gasteiger partial charge in [0.05, 0.1) is 4.92 Å². The first-order valence-corrected chi connectivity index (χ1v) is 7.43. The van der Waals surface area contributed by atoms with E-state index >= 15 is 0 Å². The van der Waals surface area contributed by atoms with Gasteiger partial charge in [-0.15, -0.1) is 0 Å². The van der Waals surface area contributed by atoms with Crippen molar-refractivity contribution < 1.29 is 4.92 Å². The van der Waals surface area contributed by atoms with Crippen LogP contribution in [-0.4, -0.2) is 30.0 Å². The van der Waals surface area contributed by atoms with E-state index in [9.17, 15) is 10.1 Å². The van der Waals surface area contributed by atoms with Crippen LogP contribution in [0.5, 0.6) is 0 Å². The van der Waals surface area contributed by atoms with Crippen LogP contribution in [0.25, 0.3) is 0 Å². The molecule has 2 aromatic carbocycles. The second-order valence-electron chi connectivity index (χ2n) is 5.59. The second-order valence-corrected chi connectivity index (χ2v) is 5.59. The molecule has 0 aromatic heterocycles. The Balaban J connectivity index is 1.94. The molecule has 0 radical (unpaired) electrons. The van der Waals surface area contributed by atoms with Gasteiger partial charge in [0.1, 0.15) is 6.17 Å². The SMILES string of the molecule is CN1CCCN(c2ccc([N+](=O)[O-])cc2)C1c1ccccc1. The lowest BCUT2D eigenvalue weighted by Crippen LogP contribution is -2.46. The number of hydrogen-bond acceptors (Lipinski definition) is 4. The molecule has 114 valence electrons. The highest BCUT2D eigenvalue weighted by atomic mass is 16.6. The van der Waals surface area contributed by atoms with Crippen molar-refractivity contribution in [3.63, 3.8) is 0 Å². The number of rotatable bonds is 3. The fourth-order valence-electron chi connectivity index (χ4n) is 3.07. The minimum atomic E-state index is -0.360. The average Bonchev–Trinajstić information content (AvgIpc) is 2.55. The van der Waals surface area contributed by atoms with Crippen LogP contribution in [0.1, 0.15) is 18.2 Å². The molecular weight excluding hydrogens is 278 g/mol. The third kappa shape index (κ3) is 2.80. The van der Waals surface area contributed by atoms with Gasteiger partial charge in [-0.2, -0.15) is 0 Å². The van der Waals surface area contributed by atoms with Gasteiger partial charge < -0.3 is 4.90 Å². The zero-order valence-electron chi connectivity index (χ0n) is 12.6. The molecule has 0 amide bonds. The van der Waals surface area contributed by atoms with E-state index < -0.39 is 0 Å². The van der Waals surface area contributed by atoms with Crippen molar-refractivity contribution in [3.05, 3.63) is 70.3 Å². The summed E-state index contributed by atoms with van der Waals surface area (Å²) >= 11 is 0. The second kappa shape index (κ2) is 6.15. The van der Waals surface area contributed by atoms with Crippen LogP contribution in [0.2, 0.25) is 0 Å². The molecule has 1 fully saturated rings. The Morgan fingerprint density at radius 3 is 2.36 bits per heavy atom. The monoisotopic (exact) mass is 297 g/mol. The molecule has 1 aliphatic rings. The number of anilines is 1. The Bertz CT molecular complexity index is 643. The molecule has 3 rings (SSSR count). The zero-order valence-corrected chi connectivity index (χ0v) is 12.6. The lowest BCUT2D eigenvalue weighted by molar-refractivity contribution is -0.384. The Morgan fingerprint density at radius 2 is 1.73 bits per heavy atom. The largest absolute Gasteiger partial charge is 0.352 e. The maximum atomic E-state index is 10.8. The van der Waals surface area contributed by atoms with Crippen LogP contribution in [0.4, 0.5) is 11.4 Å². The summed E-state index contributed by atoms with van der Waals surface area (Å²) in [6.07, 6.45) is 1.24. The predicted molar refractivity (Wildman–Crippen MR) is 86.9 cm³/mol. The fourth-order valence-corrected chi connectivity index (χ4v) is 3.07. The number of non-ortho nitro benzene ring substituents is 1. The first-order chi connectivity index (χ1) is 10.7. The van der Waals surface area contributed by atoms with Crippen LogP contribution in [0.15, 0.2) is 54.6 Å². The molecule has 1 heterocycles. The van der Waals surface area contributed by atoms with Crippen LogP contribution in [0, 0.1) is 10.1 Å². The van der Waals surface area contributed by atoms with E-state index in [0.29, 0.717) is 0 Å². The molecule has 1 saturated heterocycles. The van der Waals surface area contributed by atoms with E-state index in [1.165, 1.54) is 5.56 Å². The molecule has 1 unspecified atom stereocenters. The number of hydrogen-bond donors (Lipinski definition) is 0. The highest BCUT2D eigenvalue weighted by molar-refractivity contribution is 5.53. The van der Waals surface area contributed by atoms with E-state index in [1.807, 2.05) is 30.3 Å². The fraction of sp³-hybridized carbons (Fsp3) is 0.294. The molecule has 0 spiro atoms. The summed E-state index contributed by atoms with van der Waals surface area (Å²) in [5, 5.41) is 10.8. The summed E-state index contributed by atoms with van der Waals surface area (Å²) in [6.45, 7) is 1.99. The third-order valence-electron chi connectivity index (χ3n) is 4.11. The highest BCUT2D eigenvalue weighted by Gasteiger charge is 2.28. The standard InChI is InChI=1S/C17H19N3O2/c1-18-12-5-13-19(17(18)14-6-3-2-4-7-14)15-8-10-16(11-9-15)20(21)22/h2-4,6-11,17H,5,12-13H2,1H3. The Morgan fingerprint density at radius 1 is 1.05 bits per heavy atom. The summed E-state index contributed by atoms with van der Waals surface area (Å²) in [4.78, 5) is 15.1. The minimum absolute atomic E-state index is 0.130. The van der Waals surface area contributed by atoms with Gasteiger partial charge in [0.25, 0.3) is 5.69 Å². The van der Waals surface area contributed by atoms with Crippen molar-refractivity contribution in [2.75, 3.05) is 25.0 Å². The van der Waals surface area contributed by atoms with Gasteiger partial charge >= 0.3 is 0 Å². The lowest BCUT2D eigenvalue weighted by Gasteiger charge is -2.43. The number of benzene rings is 2. The first-order valence-electron chi connectivity index (χ1n) is 7.43. The van der Waals surface area contributed by atoms with Gasteiger partial charge in [-0.05, 0) is 31.2 Å². The van der Waals surface area contributed by atoms with Gasteiger partial charge in [0.15, 0.2) is 0 Å². The molecular formula is C17H19N3O2. The summed E-state index contributed by atoms with van der Waals surface area (Å²) in [7, 11) is 2.12. The van der Waals surface area contributed by atoms with Gasteiger partial charge in [-0.3, -0.25) is 15.0 Å². The van der Waals surface area contributed by atoms with Crippen LogP contribution < -0.4 is 4.90 Å². The van der Waals surface area contributed by atoms with Crippen molar-refractivity contribution in [2.45, 2.75) is 12.6 Å². The van der Waals surface area contributed by atoms with E-state index in [0.717, 1.165) is 25.2 Å². The summed E-state index contributed by atoms with van der Waals surface area (Å²) in [6, 6.07) is 17.2. The maximum Gasteiger partial charge on any atom is 0.269 e. The molecule has 22 heavy (non-hydrogen) atoms. The Labute approximate surface area is 129 Å². The molecule has 1 atom stereocenters. The predicted octanol–water partition coefficient (Wildman–Crippen LogP) is 3.44. The van der Waals surface area contributed by atoms with Crippen molar-refractivity contribution in [3.8, 4) is 0 Å². The molecule has 0 saturated carbocycles. The molecule has 5 nitrogen and oxygen atoms in total. The Kier molecular flexibility index (Phi) is 4.06. The van der Waals surface area contributed by atoms with Crippen LogP contribution in [0.3, 0.4) is 0 Å². The number of nitrogens with zero attached hydrogens (tertiary/aromatic N) is 3. The topological polar surface area (TPSA) is 49.6 Å². The smallest absolute Gasteiger partial charge is 0.269 e. The minimum Gasteiger partial charge on any atom is -0.352 e. The number of nitro groups is 1. The third-order valence-corrected chi connectivity index (χ3v) is 4.11. The number of nitro benzene ring substituents is 1. The zero-order chi connectivity index (χ0) is 15.5. The lowest BCUT2D eigenvalue weighted by atomic mass is 10.1. The summed E-state index contributed by atoms with van der Waals surface area (Å²) in [5.41, 5.74) is 2.39. The molecule has 1 aliphatic heterocycles. The maximum absolute atomic E-state index is 10.8. The summed E-state index contributed by atoms with van der Waals surface area (Å²) < 4.78 is 0. The van der Waals surface area contributed by atoms with E-state index in [2.05, 4.69) is 29.0 Å². The van der Waals surface area contributed by atoms with Gasteiger partial charge in [-0.1, -0.05) is 30.3 Å². The van der Waals surface area contributed by atoms with E-state index in [1.54, 1.807) is 12.1 Å². The van der Waals surface area contributed by atoms with E-state index in [4.69, 9.17) is 0 Å². The molecule has 0 N–H and O–H groups in total. The van der Waals surface area contributed by atoms with Gasteiger partial charge in [-0.25, -0.2) is 0 Å². The average molecular weight is 297 g/mol. The van der Waals surface area contributed by atoms with Crippen LogP contribution >= 0.6 is 0 Å². The molecule has 0 aliphatic carbocycles. The van der Waals surface area contributed by atoms with Crippen molar-refractivity contribution >= 4 is 11.4 Å². The quantitative estimate of drug-likeness (QED) is 0.643. The van der Waals surface area contributed by atoms with Crippen molar-refractivity contribution in [1.82, 2.24) is 4.90 Å². The first kappa shape index (κ1) is 14.5.